The zero-order valence-corrected chi connectivity index (χ0v) is 9.41. The van der Waals surface area contributed by atoms with E-state index in [2.05, 4.69) is 5.32 Å². The van der Waals surface area contributed by atoms with Gasteiger partial charge in [0, 0.05) is 26.1 Å². The number of primary amides is 1. The maximum Gasteiger partial charge on any atom is 0.317 e. The fourth-order valence-corrected chi connectivity index (χ4v) is 1.50. The summed E-state index contributed by atoms with van der Waals surface area (Å²) in [5.41, 5.74) is 5.00. The quantitative estimate of drug-likeness (QED) is 0.634. The summed E-state index contributed by atoms with van der Waals surface area (Å²) in [6, 6.07) is -0.0534. The van der Waals surface area contributed by atoms with E-state index in [-0.39, 0.29) is 11.9 Å². The molecule has 0 spiro atoms. The first-order valence-electron chi connectivity index (χ1n) is 5.59. The van der Waals surface area contributed by atoms with Gasteiger partial charge in [-0.15, -0.1) is 0 Å². The molecule has 0 bridgehead atoms. The number of nitrogens with two attached hydrogens (primary N) is 1. The Kier molecular flexibility index (Phi) is 5.63. The molecule has 3 amide bonds. The number of morpholine rings is 1. The zero-order valence-electron chi connectivity index (χ0n) is 9.41. The van der Waals surface area contributed by atoms with E-state index in [0.717, 1.165) is 12.8 Å². The first kappa shape index (κ1) is 12.8. The zero-order chi connectivity index (χ0) is 11.8. The second-order valence-electron chi connectivity index (χ2n) is 3.75. The summed E-state index contributed by atoms with van der Waals surface area (Å²) in [6.45, 7) is 3.09. The summed E-state index contributed by atoms with van der Waals surface area (Å²) in [4.78, 5) is 23.8. The van der Waals surface area contributed by atoms with Gasteiger partial charge in [-0.1, -0.05) is 0 Å². The maximum absolute atomic E-state index is 11.6. The molecule has 0 aromatic carbocycles. The van der Waals surface area contributed by atoms with Gasteiger partial charge in [-0.05, 0) is 12.8 Å². The van der Waals surface area contributed by atoms with Crippen LogP contribution in [-0.2, 0) is 9.53 Å². The highest BCUT2D eigenvalue weighted by Gasteiger charge is 2.15. The molecule has 0 unspecified atom stereocenters. The third-order valence-electron chi connectivity index (χ3n) is 2.42. The number of carbonyl (C=O) groups is 2. The molecule has 1 fully saturated rings. The molecule has 6 nitrogen and oxygen atoms in total. The van der Waals surface area contributed by atoms with Gasteiger partial charge in [0.1, 0.15) is 0 Å². The van der Waals surface area contributed by atoms with Crippen molar-refractivity contribution in [1.29, 1.82) is 0 Å². The van der Waals surface area contributed by atoms with E-state index in [4.69, 9.17) is 10.5 Å². The Morgan fingerprint density at radius 1 is 1.25 bits per heavy atom. The topological polar surface area (TPSA) is 84.7 Å². The van der Waals surface area contributed by atoms with Gasteiger partial charge in [-0.25, -0.2) is 4.79 Å². The number of carbonyl (C=O) groups excluding carboxylic acids is 2. The number of urea groups is 1. The van der Waals surface area contributed by atoms with Crippen LogP contribution in [0.2, 0.25) is 0 Å². The number of nitrogens with zero attached hydrogens (tertiary/aromatic N) is 1. The molecular formula is C10H19N3O3. The Balaban J connectivity index is 2.03. The van der Waals surface area contributed by atoms with Crippen LogP contribution < -0.4 is 11.1 Å². The van der Waals surface area contributed by atoms with Crippen molar-refractivity contribution >= 4 is 11.9 Å². The van der Waals surface area contributed by atoms with E-state index in [9.17, 15) is 9.59 Å². The highest BCUT2D eigenvalue weighted by atomic mass is 16.5. The van der Waals surface area contributed by atoms with Crippen LogP contribution in [0.15, 0.2) is 0 Å². The molecule has 6 heteroatoms. The SMILES string of the molecule is NC(=O)CCCCNC(=O)N1CCOCC1. The molecule has 3 N–H and O–H groups in total. The van der Waals surface area contributed by atoms with Crippen LogP contribution in [0.3, 0.4) is 0 Å². The van der Waals surface area contributed by atoms with Gasteiger partial charge in [0.05, 0.1) is 13.2 Å². The average molecular weight is 229 g/mol. The van der Waals surface area contributed by atoms with Crippen LogP contribution in [0, 0.1) is 0 Å². The third-order valence-corrected chi connectivity index (χ3v) is 2.42. The second kappa shape index (κ2) is 7.05. The van der Waals surface area contributed by atoms with Gasteiger partial charge in [-0.3, -0.25) is 4.79 Å². The van der Waals surface area contributed by atoms with E-state index in [0.29, 0.717) is 39.3 Å². The van der Waals surface area contributed by atoms with Crippen molar-refractivity contribution in [1.82, 2.24) is 10.2 Å². The Hall–Kier alpha value is -1.30. The van der Waals surface area contributed by atoms with E-state index in [1.54, 1.807) is 4.90 Å². The van der Waals surface area contributed by atoms with E-state index in [1.165, 1.54) is 0 Å². The normalized spacial score (nSPS) is 15.9. The smallest absolute Gasteiger partial charge is 0.317 e. The van der Waals surface area contributed by atoms with Crippen LogP contribution in [0.1, 0.15) is 19.3 Å². The third kappa shape index (κ3) is 4.97. The van der Waals surface area contributed by atoms with Crippen LogP contribution in [0.5, 0.6) is 0 Å². The molecule has 1 heterocycles. The lowest BCUT2D eigenvalue weighted by Crippen LogP contribution is -2.46. The minimum atomic E-state index is -0.292. The molecule has 0 radical (unpaired) electrons. The molecule has 1 saturated heterocycles. The number of nitrogens with one attached hydrogen (secondary N) is 1. The minimum Gasteiger partial charge on any atom is -0.378 e. The Labute approximate surface area is 95.1 Å². The Bertz CT molecular complexity index is 239. The fraction of sp³-hybridized carbons (Fsp3) is 0.800. The van der Waals surface area contributed by atoms with Crippen molar-refractivity contribution in [3.8, 4) is 0 Å². The summed E-state index contributed by atoms with van der Waals surface area (Å²) >= 11 is 0. The maximum atomic E-state index is 11.6. The van der Waals surface area contributed by atoms with Crippen molar-refractivity contribution in [2.24, 2.45) is 5.73 Å². The van der Waals surface area contributed by atoms with Crippen molar-refractivity contribution in [3.05, 3.63) is 0 Å². The molecule has 0 atom stereocenters. The van der Waals surface area contributed by atoms with E-state index >= 15 is 0 Å². The number of rotatable bonds is 5. The molecule has 0 aromatic heterocycles. The van der Waals surface area contributed by atoms with Crippen LogP contribution in [0.4, 0.5) is 4.79 Å². The number of hydrogen-bond acceptors (Lipinski definition) is 3. The van der Waals surface area contributed by atoms with Gasteiger partial charge < -0.3 is 20.7 Å². The highest BCUT2D eigenvalue weighted by molar-refractivity contribution is 5.74. The van der Waals surface area contributed by atoms with Gasteiger partial charge in [-0.2, -0.15) is 0 Å². The van der Waals surface area contributed by atoms with Crippen LogP contribution in [0.25, 0.3) is 0 Å². The number of ether oxygens (including phenoxy) is 1. The lowest BCUT2D eigenvalue weighted by Gasteiger charge is -2.26. The first-order chi connectivity index (χ1) is 7.70. The summed E-state index contributed by atoms with van der Waals surface area (Å²) in [6.07, 6.45) is 1.88. The van der Waals surface area contributed by atoms with Gasteiger partial charge in [0.25, 0.3) is 0 Å². The molecule has 0 aromatic rings. The minimum absolute atomic E-state index is 0.0534. The molecular weight excluding hydrogens is 210 g/mol. The molecule has 16 heavy (non-hydrogen) atoms. The molecule has 1 aliphatic heterocycles. The summed E-state index contributed by atoms with van der Waals surface area (Å²) in [5.74, 6) is -0.292. The largest absolute Gasteiger partial charge is 0.378 e. The van der Waals surface area contributed by atoms with E-state index < -0.39 is 0 Å². The molecule has 1 rings (SSSR count). The Morgan fingerprint density at radius 3 is 2.56 bits per heavy atom. The van der Waals surface area contributed by atoms with Crippen molar-refractivity contribution in [2.45, 2.75) is 19.3 Å². The standard InChI is InChI=1S/C10H19N3O3/c11-9(14)3-1-2-4-12-10(15)13-5-7-16-8-6-13/h1-8H2,(H2,11,14)(H,12,15). The van der Waals surface area contributed by atoms with Gasteiger partial charge in [0.2, 0.25) is 5.91 Å². The number of hydrogen-bond donors (Lipinski definition) is 2. The highest BCUT2D eigenvalue weighted by Crippen LogP contribution is 1.98. The summed E-state index contributed by atoms with van der Waals surface area (Å²) < 4.78 is 5.15. The lowest BCUT2D eigenvalue weighted by atomic mass is 10.2. The number of amides is 3. The first-order valence-corrected chi connectivity index (χ1v) is 5.59. The fourth-order valence-electron chi connectivity index (χ4n) is 1.50. The Morgan fingerprint density at radius 2 is 1.94 bits per heavy atom. The lowest BCUT2D eigenvalue weighted by molar-refractivity contribution is -0.118. The molecule has 1 aliphatic rings. The second-order valence-corrected chi connectivity index (χ2v) is 3.75. The van der Waals surface area contributed by atoms with Gasteiger partial charge >= 0.3 is 6.03 Å². The molecule has 0 aliphatic carbocycles. The van der Waals surface area contributed by atoms with Crippen LogP contribution in [-0.4, -0.2) is 49.7 Å². The summed E-state index contributed by atoms with van der Waals surface area (Å²) in [7, 11) is 0. The predicted octanol–water partition coefficient (Wildman–Crippen LogP) is -0.316. The monoisotopic (exact) mass is 229 g/mol. The van der Waals surface area contributed by atoms with Crippen molar-refractivity contribution in [3.63, 3.8) is 0 Å². The number of unbranched alkanes of at least 4 members (excludes halogenated alkanes) is 1. The summed E-state index contributed by atoms with van der Waals surface area (Å²) in [5, 5.41) is 2.81. The molecule has 0 saturated carbocycles. The average Bonchev–Trinajstić information content (AvgIpc) is 2.29. The van der Waals surface area contributed by atoms with E-state index in [1.807, 2.05) is 0 Å². The van der Waals surface area contributed by atoms with Crippen molar-refractivity contribution < 1.29 is 14.3 Å². The molecule has 92 valence electrons. The predicted molar refractivity (Wildman–Crippen MR) is 58.8 cm³/mol. The van der Waals surface area contributed by atoms with Gasteiger partial charge in [0.15, 0.2) is 0 Å². The van der Waals surface area contributed by atoms with Crippen LogP contribution >= 0.6 is 0 Å². The van der Waals surface area contributed by atoms with Crippen molar-refractivity contribution in [2.75, 3.05) is 32.8 Å².